The fourth-order valence-corrected chi connectivity index (χ4v) is 2.32. The topological polar surface area (TPSA) is 95.5 Å². The third kappa shape index (κ3) is 4.53. The SMILES string of the molecule is CC(NC(=O)CCCNC(=O)C1CC1)(C(=O)O)c1ccc(F)cc1. The number of carbonyl (C=O) groups is 3. The molecule has 130 valence electrons. The van der Waals surface area contributed by atoms with Crippen molar-refractivity contribution >= 4 is 17.8 Å². The first-order chi connectivity index (χ1) is 11.3. The lowest BCUT2D eigenvalue weighted by atomic mass is 9.91. The number of aliphatic carboxylic acids is 1. The summed E-state index contributed by atoms with van der Waals surface area (Å²) >= 11 is 0. The third-order valence-electron chi connectivity index (χ3n) is 4.07. The molecule has 1 unspecified atom stereocenters. The van der Waals surface area contributed by atoms with E-state index in [9.17, 15) is 23.9 Å². The highest BCUT2D eigenvalue weighted by atomic mass is 19.1. The summed E-state index contributed by atoms with van der Waals surface area (Å²) in [4.78, 5) is 35.1. The lowest BCUT2D eigenvalue weighted by molar-refractivity contribution is -0.147. The van der Waals surface area contributed by atoms with Gasteiger partial charge >= 0.3 is 5.97 Å². The van der Waals surface area contributed by atoms with Gasteiger partial charge in [0.2, 0.25) is 11.8 Å². The van der Waals surface area contributed by atoms with E-state index in [1.165, 1.54) is 19.1 Å². The van der Waals surface area contributed by atoms with Crippen LogP contribution in [0.5, 0.6) is 0 Å². The van der Waals surface area contributed by atoms with Gasteiger partial charge in [0, 0.05) is 18.9 Å². The number of benzene rings is 1. The van der Waals surface area contributed by atoms with Crippen LogP contribution in [0.15, 0.2) is 24.3 Å². The molecule has 7 heteroatoms. The summed E-state index contributed by atoms with van der Waals surface area (Å²) in [5, 5.41) is 14.7. The van der Waals surface area contributed by atoms with Crippen LogP contribution in [0.2, 0.25) is 0 Å². The van der Waals surface area contributed by atoms with Crippen LogP contribution in [0, 0.1) is 11.7 Å². The first-order valence-electron chi connectivity index (χ1n) is 7.91. The first-order valence-corrected chi connectivity index (χ1v) is 7.91. The van der Waals surface area contributed by atoms with E-state index in [4.69, 9.17) is 0 Å². The van der Waals surface area contributed by atoms with E-state index >= 15 is 0 Å². The molecule has 1 aliphatic rings. The predicted molar refractivity (Wildman–Crippen MR) is 84.5 cm³/mol. The number of hydrogen-bond donors (Lipinski definition) is 3. The highest BCUT2D eigenvalue weighted by Gasteiger charge is 2.36. The number of nitrogens with one attached hydrogen (secondary N) is 2. The van der Waals surface area contributed by atoms with Gasteiger partial charge in [-0.2, -0.15) is 0 Å². The molecule has 0 bridgehead atoms. The first kappa shape index (κ1) is 17.9. The van der Waals surface area contributed by atoms with Crippen LogP contribution >= 0.6 is 0 Å². The van der Waals surface area contributed by atoms with Gasteiger partial charge < -0.3 is 15.7 Å². The Morgan fingerprint density at radius 1 is 1.25 bits per heavy atom. The van der Waals surface area contributed by atoms with Gasteiger partial charge in [0.1, 0.15) is 5.82 Å². The quantitative estimate of drug-likeness (QED) is 0.628. The molecule has 0 aromatic heterocycles. The normalized spacial score (nSPS) is 16.1. The summed E-state index contributed by atoms with van der Waals surface area (Å²) in [5.41, 5.74) is -1.35. The molecule has 1 fully saturated rings. The van der Waals surface area contributed by atoms with Crippen LogP contribution in [0.4, 0.5) is 4.39 Å². The van der Waals surface area contributed by atoms with E-state index in [1.807, 2.05) is 0 Å². The number of carboxylic acids is 1. The maximum atomic E-state index is 13.0. The van der Waals surface area contributed by atoms with Crippen molar-refractivity contribution in [1.82, 2.24) is 10.6 Å². The summed E-state index contributed by atoms with van der Waals surface area (Å²) in [7, 11) is 0. The predicted octanol–water partition coefficient (Wildman–Crippen LogP) is 1.55. The zero-order valence-electron chi connectivity index (χ0n) is 13.5. The summed E-state index contributed by atoms with van der Waals surface area (Å²) in [5.74, 6) is -2.02. The number of carbonyl (C=O) groups excluding carboxylic acids is 2. The fraction of sp³-hybridized carbons (Fsp3) is 0.471. The van der Waals surface area contributed by atoms with Crippen LogP contribution in [-0.2, 0) is 19.9 Å². The standard InChI is InChI=1S/C17H21FN2O4/c1-17(16(23)24,12-6-8-13(18)9-7-12)20-14(21)3-2-10-19-15(22)11-4-5-11/h6-9,11H,2-5,10H2,1H3,(H,19,22)(H,20,21)(H,23,24). The lowest BCUT2D eigenvalue weighted by Crippen LogP contribution is -2.49. The van der Waals surface area contributed by atoms with Crippen molar-refractivity contribution in [1.29, 1.82) is 0 Å². The molecule has 0 spiro atoms. The zero-order chi connectivity index (χ0) is 17.7. The minimum atomic E-state index is -1.64. The number of halogens is 1. The average molecular weight is 336 g/mol. The summed E-state index contributed by atoms with van der Waals surface area (Å²) in [6.45, 7) is 1.73. The molecule has 2 amide bonds. The van der Waals surface area contributed by atoms with Crippen molar-refractivity contribution in [3.8, 4) is 0 Å². The van der Waals surface area contributed by atoms with E-state index in [2.05, 4.69) is 10.6 Å². The second-order valence-corrected chi connectivity index (χ2v) is 6.15. The number of rotatable bonds is 8. The Morgan fingerprint density at radius 3 is 2.42 bits per heavy atom. The van der Waals surface area contributed by atoms with Gasteiger partial charge in [-0.3, -0.25) is 9.59 Å². The minimum absolute atomic E-state index is 0.0112. The molecule has 3 N–H and O–H groups in total. The molecular weight excluding hydrogens is 315 g/mol. The minimum Gasteiger partial charge on any atom is -0.479 e. The molecule has 24 heavy (non-hydrogen) atoms. The van der Waals surface area contributed by atoms with Crippen molar-refractivity contribution in [3.05, 3.63) is 35.6 Å². The van der Waals surface area contributed by atoms with Crippen molar-refractivity contribution in [2.75, 3.05) is 6.54 Å². The Kier molecular flexibility index (Phi) is 5.54. The van der Waals surface area contributed by atoms with Crippen LogP contribution in [0.25, 0.3) is 0 Å². The molecule has 0 radical (unpaired) electrons. The van der Waals surface area contributed by atoms with Gasteiger partial charge in [-0.15, -0.1) is 0 Å². The smallest absolute Gasteiger partial charge is 0.333 e. The lowest BCUT2D eigenvalue weighted by Gasteiger charge is -2.27. The Labute approximate surface area is 139 Å². The monoisotopic (exact) mass is 336 g/mol. The van der Waals surface area contributed by atoms with Crippen molar-refractivity contribution < 1.29 is 23.9 Å². The van der Waals surface area contributed by atoms with Gasteiger partial charge in [0.15, 0.2) is 5.54 Å². The van der Waals surface area contributed by atoms with Gasteiger partial charge in [0.25, 0.3) is 0 Å². The van der Waals surface area contributed by atoms with E-state index in [0.29, 0.717) is 13.0 Å². The summed E-state index contributed by atoms with van der Waals surface area (Å²) in [6.07, 6.45) is 2.35. The summed E-state index contributed by atoms with van der Waals surface area (Å²) in [6, 6.07) is 4.96. The molecule has 0 heterocycles. The van der Waals surface area contributed by atoms with Gasteiger partial charge in [0.05, 0.1) is 0 Å². The number of amides is 2. The Bertz CT molecular complexity index is 628. The zero-order valence-corrected chi connectivity index (χ0v) is 13.5. The molecule has 6 nitrogen and oxygen atoms in total. The Hall–Kier alpha value is -2.44. The second kappa shape index (κ2) is 7.42. The molecule has 1 atom stereocenters. The number of carboxylic acid groups (broad SMARTS) is 1. The van der Waals surface area contributed by atoms with Gasteiger partial charge in [-0.25, -0.2) is 9.18 Å². The molecule has 1 aromatic rings. The highest BCUT2D eigenvalue weighted by molar-refractivity contribution is 5.87. The van der Waals surface area contributed by atoms with Crippen LogP contribution in [0.1, 0.15) is 38.2 Å². The maximum Gasteiger partial charge on any atom is 0.333 e. The summed E-state index contributed by atoms with van der Waals surface area (Å²) < 4.78 is 13.0. The largest absolute Gasteiger partial charge is 0.479 e. The highest BCUT2D eigenvalue weighted by Crippen LogP contribution is 2.28. The van der Waals surface area contributed by atoms with Crippen molar-refractivity contribution in [2.24, 2.45) is 5.92 Å². The Balaban J connectivity index is 1.87. The molecular formula is C17H21FN2O4. The molecule has 0 saturated heterocycles. The molecule has 1 aliphatic carbocycles. The third-order valence-corrected chi connectivity index (χ3v) is 4.07. The van der Waals surface area contributed by atoms with Crippen LogP contribution < -0.4 is 10.6 Å². The Morgan fingerprint density at radius 2 is 1.88 bits per heavy atom. The maximum absolute atomic E-state index is 13.0. The van der Waals surface area contributed by atoms with Crippen molar-refractivity contribution in [2.45, 2.75) is 38.1 Å². The van der Waals surface area contributed by atoms with E-state index < -0.39 is 23.2 Å². The number of hydrogen-bond acceptors (Lipinski definition) is 3. The van der Waals surface area contributed by atoms with E-state index in [1.54, 1.807) is 0 Å². The molecule has 2 rings (SSSR count). The average Bonchev–Trinajstić information content (AvgIpc) is 3.36. The van der Waals surface area contributed by atoms with Gasteiger partial charge in [-0.1, -0.05) is 12.1 Å². The van der Waals surface area contributed by atoms with Crippen molar-refractivity contribution in [3.63, 3.8) is 0 Å². The van der Waals surface area contributed by atoms with E-state index in [-0.39, 0.29) is 23.8 Å². The van der Waals surface area contributed by atoms with E-state index in [0.717, 1.165) is 25.0 Å². The molecule has 0 aliphatic heterocycles. The second-order valence-electron chi connectivity index (χ2n) is 6.15. The fourth-order valence-electron chi connectivity index (χ4n) is 2.32. The van der Waals surface area contributed by atoms with Crippen LogP contribution in [-0.4, -0.2) is 29.4 Å². The van der Waals surface area contributed by atoms with Crippen LogP contribution in [0.3, 0.4) is 0 Å². The van der Waals surface area contributed by atoms with Gasteiger partial charge in [-0.05, 0) is 43.9 Å². The molecule has 1 saturated carbocycles. The molecule has 1 aromatic carbocycles.